The van der Waals surface area contributed by atoms with E-state index in [0.29, 0.717) is 17.9 Å². The number of carbonyl (C=O) groups is 2. The Balaban J connectivity index is 1.97. The van der Waals surface area contributed by atoms with Crippen LogP contribution in [0.1, 0.15) is 18.9 Å². The van der Waals surface area contributed by atoms with Crippen molar-refractivity contribution in [1.82, 2.24) is 0 Å². The zero-order chi connectivity index (χ0) is 19.4. The van der Waals surface area contributed by atoms with E-state index in [-0.39, 0.29) is 11.5 Å². The number of hydrogen-bond acceptors (Lipinski definition) is 4. The van der Waals surface area contributed by atoms with E-state index in [1.807, 2.05) is 30.3 Å². The van der Waals surface area contributed by atoms with Gasteiger partial charge in [0, 0.05) is 31.0 Å². The molecule has 2 amide bonds. The Hall–Kier alpha value is -3.59. The molecule has 136 valence electrons. The van der Waals surface area contributed by atoms with E-state index in [2.05, 4.69) is 0 Å². The lowest BCUT2D eigenvalue weighted by Crippen LogP contribution is -2.37. The van der Waals surface area contributed by atoms with Gasteiger partial charge in [-0.2, -0.15) is 5.26 Å². The normalized spacial score (nSPS) is 13.5. The SMILES string of the molecule is CC(=O)N(/C=C(/C#N)C(=O)N1CCCc2ccccc21)c1cccc(N)c1. The summed E-state index contributed by atoms with van der Waals surface area (Å²) in [7, 11) is 0. The van der Waals surface area contributed by atoms with E-state index in [4.69, 9.17) is 5.73 Å². The van der Waals surface area contributed by atoms with Crippen LogP contribution < -0.4 is 15.5 Å². The molecule has 1 aliphatic rings. The van der Waals surface area contributed by atoms with Gasteiger partial charge in [-0.05, 0) is 42.7 Å². The van der Waals surface area contributed by atoms with Crippen LogP contribution in [0.3, 0.4) is 0 Å². The highest BCUT2D eigenvalue weighted by Gasteiger charge is 2.26. The number of fused-ring (bicyclic) bond motifs is 1. The molecule has 6 nitrogen and oxygen atoms in total. The van der Waals surface area contributed by atoms with Gasteiger partial charge in [-0.3, -0.25) is 14.5 Å². The second kappa shape index (κ2) is 7.75. The highest BCUT2D eigenvalue weighted by Crippen LogP contribution is 2.28. The molecule has 0 saturated heterocycles. The van der Waals surface area contributed by atoms with Gasteiger partial charge in [0.15, 0.2) is 0 Å². The van der Waals surface area contributed by atoms with E-state index < -0.39 is 5.91 Å². The topological polar surface area (TPSA) is 90.4 Å². The molecule has 2 N–H and O–H groups in total. The number of nitrogens with zero attached hydrogens (tertiary/aromatic N) is 3. The Morgan fingerprint density at radius 1 is 1.22 bits per heavy atom. The maximum atomic E-state index is 13.0. The molecule has 0 unspecified atom stereocenters. The molecule has 0 fully saturated rings. The molecule has 0 aromatic heterocycles. The Kier molecular flexibility index (Phi) is 5.23. The fourth-order valence-corrected chi connectivity index (χ4v) is 3.17. The van der Waals surface area contributed by atoms with Crippen molar-refractivity contribution >= 4 is 28.9 Å². The molecule has 2 aromatic rings. The second-order valence-corrected chi connectivity index (χ2v) is 6.33. The first-order chi connectivity index (χ1) is 13.0. The van der Waals surface area contributed by atoms with Crippen LogP contribution in [0, 0.1) is 11.3 Å². The van der Waals surface area contributed by atoms with Crippen LogP contribution >= 0.6 is 0 Å². The average Bonchev–Trinajstić information content (AvgIpc) is 2.67. The van der Waals surface area contributed by atoms with Crippen molar-refractivity contribution in [3.8, 4) is 6.07 Å². The lowest BCUT2D eigenvalue weighted by atomic mass is 10.0. The summed E-state index contributed by atoms with van der Waals surface area (Å²) in [6.45, 7) is 1.91. The summed E-state index contributed by atoms with van der Waals surface area (Å²) in [5.41, 5.74) is 8.56. The molecule has 1 aliphatic heterocycles. The van der Waals surface area contributed by atoms with Crippen molar-refractivity contribution < 1.29 is 9.59 Å². The lowest BCUT2D eigenvalue weighted by Gasteiger charge is -2.29. The molecule has 2 aromatic carbocycles. The predicted molar refractivity (Wildman–Crippen MR) is 105 cm³/mol. The van der Waals surface area contributed by atoms with Gasteiger partial charge < -0.3 is 10.6 Å². The van der Waals surface area contributed by atoms with Crippen molar-refractivity contribution in [1.29, 1.82) is 5.26 Å². The summed E-state index contributed by atoms with van der Waals surface area (Å²) < 4.78 is 0. The lowest BCUT2D eigenvalue weighted by molar-refractivity contribution is -0.116. The molecule has 3 rings (SSSR count). The molecule has 0 atom stereocenters. The van der Waals surface area contributed by atoms with Gasteiger partial charge in [-0.25, -0.2) is 0 Å². The maximum absolute atomic E-state index is 13.0. The number of para-hydroxylation sites is 1. The zero-order valence-corrected chi connectivity index (χ0v) is 15.1. The fourth-order valence-electron chi connectivity index (χ4n) is 3.17. The van der Waals surface area contributed by atoms with Gasteiger partial charge >= 0.3 is 0 Å². The number of anilines is 3. The Bertz CT molecular complexity index is 959. The molecule has 27 heavy (non-hydrogen) atoms. The molecule has 0 aliphatic carbocycles. The monoisotopic (exact) mass is 360 g/mol. The van der Waals surface area contributed by atoms with Gasteiger partial charge in [0.1, 0.15) is 11.6 Å². The van der Waals surface area contributed by atoms with Crippen molar-refractivity contribution in [2.45, 2.75) is 19.8 Å². The zero-order valence-electron chi connectivity index (χ0n) is 15.1. The summed E-state index contributed by atoms with van der Waals surface area (Å²) in [5.74, 6) is -0.736. The Morgan fingerprint density at radius 2 is 2.00 bits per heavy atom. The van der Waals surface area contributed by atoms with Crippen LogP contribution in [0.15, 0.2) is 60.3 Å². The third-order valence-electron chi connectivity index (χ3n) is 4.45. The summed E-state index contributed by atoms with van der Waals surface area (Å²) in [5, 5.41) is 9.58. The van der Waals surface area contributed by atoms with Crippen LogP contribution in [0.25, 0.3) is 0 Å². The van der Waals surface area contributed by atoms with Crippen LogP contribution in [-0.4, -0.2) is 18.4 Å². The maximum Gasteiger partial charge on any atom is 0.270 e. The number of aryl methyl sites for hydroxylation is 1. The van der Waals surface area contributed by atoms with E-state index in [9.17, 15) is 14.9 Å². The largest absolute Gasteiger partial charge is 0.399 e. The second-order valence-electron chi connectivity index (χ2n) is 6.33. The molecular weight excluding hydrogens is 340 g/mol. The molecular formula is C21H20N4O2. The van der Waals surface area contributed by atoms with E-state index in [1.54, 1.807) is 29.2 Å². The first kappa shape index (κ1) is 18.2. The van der Waals surface area contributed by atoms with E-state index in [1.165, 1.54) is 18.0 Å². The first-order valence-corrected chi connectivity index (χ1v) is 8.68. The molecule has 0 bridgehead atoms. The summed E-state index contributed by atoms with van der Waals surface area (Å²) in [6, 6.07) is 16.3. The van der Waals surface area contributed by atoms with E-state index >= 15 is 0 Å². The van der Waals surface area contributed by atoms with Crippen LogP contribution in [-0.2, 0) is 16.0 Å². The number of hydrogen-bond donors (Lipinski definition) is 1. The van der Waals surface area contributed by atoms with Gasteiger partial charge in [0.2, 0.25) is 5.91 Å². The van der Waals surface area contributed by atoms with Gasteiger partial charge in [-0.15, -0.1) is 0 Å². The number of nitrogen functional groups attached to an aromatic ring is 1. The summed E-state index contributed by atoms with van der Waals surface area (Å²) in [6.07, 6.45) is 3.01. The van der Waals surface area contributed by atoms with Crippen molar-refractivity contribution in [3.05, 3.63) is 65.9 Å². The number of nitriles is 1. The van der Waals surface area contributed by atoms with Crippen molar-refractivity contribution in [2.75, 3.05) is 22.1 Å². The predicted octanol–water partition coefficient (Wildman–Crippen LogP) is 3.01. The van der Waals surface area contributed by atoms with Crippen LogP contribution in [0.4, 0.5) is 17.1 Å². The molecule has 0 spiro atoms. The molecule has 0 radical (unpaired) electrons. The third kappa shape index (κ3) is 3.82. The number of carbonyl (C=O) groups excluding carboxylic acids is 2. The molecule has 0 saturated carbocycles. The summed E-state index contributed by atoms with van der Waals surface area (Å²) >= 11 is 0. The number of nitrogens with two attached hydrogens (primary N) is 1. The quantitative estimate of drug-likeness (QED) is 0.517. The minimum atomic E-state index is -0.417. The standard InChI is InChI=1S/C21H20N4O2/c1-15(26)25(19-9-4-8-18(23)12-19)14-17(13-22)21(27)24-11-5-7-16-6-2-3-10-20(16)24/h2-4,6,8-10,12,14H,5,7,11,23H2,1H3/b17-14-. The molecule has 6 heteroatoms. The van der Waals surface area contributed by atoms with Crippen LogP contribution in [0.2, 0.25) is 0 Å². The number of rotatable bonds is 3. The van der Waals surface area contributed by atoms with Crippen molar-refractivity contribution in [3.63, 3.8) is 0 Å². The van der Waals surface area contributed by atoms with Crippen LogP contribution in [0.5, 0.6) is 0 Å². The average molecular weight is 360 g/mol. The Morgan fingerprint density at radius 3 is 2.70 bits per heavy atom. The van der Waals surface area contributed by atoms with E-state index in [0.717, 1.165) is 24.1 Å². The van der Waals surface area contributed by atoms with Gasteiger partial charge in [-0.1, -0.05) is 24.3 Å². The fraction of sp³-hybridized carbons (Fsp3) is 0.190. The first-order valence-electron chi connectivity index (χ1n) is 8.68. The van der Waals surface area contributed by atoms with Crippen molar-refractivity contribution in [2.24, 2.45) is 0 Å². The minimum absolute atomic E-state index is 0.107. The summed E-state index contributed by atoms with van der Waals surface area (Å²) in [4.78, 5) is 28.0. The Labute approximate surface area is 158 Å². The highest BCUT2D eigenvalue weighted by atomic mass is 16.2. The number of benzene rings is 2. The van der Waals surface area contributed by atoms with Gasteiger partial charge in [0.05, 0.1) is 5.69 Å². The third-order valence-corrected chi connectivity index (χ3v) is 4.45. The van der Waals surface area contributed by atoms with Gasteiger partial charge in [0.25, 0.3) is 5.91 Å². The number of amides is 2. The molecule has 1 heterocycles. The highest BCUT2D eigenvalue weighted by molar-refractivity contribution is 6.10. The smallest absolute Gasteiger partial charge is 0.270 e. The minimum Gasteiger partial charge on any atom is -0.399 e.